The fourth-order valence-corrected chi connectivity index (χ4v) is 10.7. The largest absolute Gasteiger partial charge is 2.00 e. The second-order valence-corrected chi connectivity index (χ2v) is 21.3. The Morgan fingerprint density at radius 1 is 0.338 bits per heavy atom. The molecule has 6 nitrogen and oxygen atoms in total. The van der Waals surface area contributed by atoms with Crippen LogP contribution in [0.25, 0.3) is 21.5 Å². The van der Waals surface area contributed by atoms with Crippen LogP contribution in [0.5, 0.6) is 0 Å². The second kappa shape index (κ2) is 35.0. The minimum Gasteiger partial charge on any atom is -0.744 e. The van der Waals surface area contributed by atoms with Gasteiger partial charge in [-0.05, 0) is 119 Å². The van der Waals surface area contributed by atoms with Crippen molar-refractivity contribution in [3.63, 3.8) is 0 Å². The number of rotatable bonds is 34. The van der Waals surface area contributed by atoms with Crippen LogP contribution in [0.15, 0.2) is 70.5 Å². The fourth-order valence-electron chi connectivity index (χ4n) is 9.21. The predicted molar refractivity (Wildman–Crippen MR) is 276 cm³/mol. The first-order valence-corrected chi connectivity index (χ1v) is 28.8. The van der Waals surface area contributed by atoms with Gasteiger partial charge in [-0.15, -0.1) is 0 Å². The number of hydrogen-bond acceptors (Lipinski definition) is 6. The Balaban J connectivity index is 0.000000440. The van der Waals surface area contributed by atoms with Crippen LogP contribution in [0.3, 0.4) is 0 Å². The van der Waals surface area contributed by atoms with Crippen molar-refractivity contribution in [3.8, 4) is 0 Å². The van der Waals surface area contributed by atoms with Crippen molar-refractivity contribution in [3.05, 3.63) is 82.9 Å². The summed E-state index contributed by atoms with van der Waals surface area (Å²) in [5.41, 5.74) is 3.94. The standard InChI is InChI=1S/2C28H44O3S.Ba/c2*1-3-5-7-9-11-13-15-18-24-20-17-21-25-23-28(32(29,30)31)26(22-27(24)25)19-16-14-12-10-8-6-4-2;/h2*17,20-23H,3-16,18-19H2,1-2H3,(H,29,30,31);/q;;+2/p-2. The van der Waals surface area contributed by atoms with Gasteiger partial charge < -0.3 is 9.11 Å². The molecule has 0 aliphatic heterocycles. The van der Waals surface area contributed by atoms with Gasteiger partial charge in [0.1, 0.15) is 20.2 Å². The van der Waals surface area contributed by atoms with Crippen molar-refractivity contribution in [2.75, 3.05) is 0 Å². The van der Waals surface area contributed by atoms with Gasteiger partial charge in [-0.2, -0.15) is 0 Å². The summed E-state index contributed by atoms with van der Waals surface area (Å²) in [5, 5.41) is 3.96. The molecule has 0 heterocycles. The zero-order valence-electron chi connectivity index (χ0n) is 41.4. The molecule has 0 aliphatic rings. The molecule has 0 saturated carbocycles. The molecule has 9 heteroatoms. The molecule has 65 heavy (non-hydrogen) atoms. The topological polar surface area (TPSA) is 114 Å². The molecule has 4 rings (SSSR count). The Labute approximate surface area is 438 Å². The molecule has 0 aromatic heterocycles. The Bertz CT molecular complexity index is 1960. The van der Waals surface area contributed by atoms with Gasteiger partial charge in [0, 0.05) is 0 Å². The van der Waals surface area contributed by atoms with Crippen LogP contribution in [0.4, 0.5) is 0 Å². The number of benzene rings is 4. The summed E-state index contributed by atoms with van der Waals surface area (Å²) in [6, 6.07) is 19.3. The molecule has 0 saturated heterocycles. The molecule has 0 amide bonds. The van der Waals surface area contributed by atoms with Crippen LogP contribution < -0.4 is 0 Å². The van der Waals surface area contributed by atoms with Crippen molar-refractivity contribution < 1.29 is 25.9 Å². The summed E-state index contributed by atoms with van der Waals surface area (Å²) >= 11 is 0. The smallest absolute Gasteiger partial charge is 0.744 e. The average molecular weight is 1060 g/mol. The molecule has 4 aromatic carbocycles. The van der Waals surface area contributed by atoms with Gasteiger partial charge in [0.25, 0.3) is 0 Å². The van der Waals surface area contributed by atoms with E-state index in [2.05, 4.69) is 39.8 Å². The van der Waals surface area contributed by atoms with Crippen molar-refractivity contribution in [2.24, 2.45) is 0 Å². The minimum absolute atomic E-state index is 0. The first-order chi connectivity index (χ1) is 30.9. The SMILES string of the molecule is CCCCCCCCCc1cc2c(CCCCCCCCC)cccc2cc1S(=O)(=O)[O-].CCCCCCCCCc1cc2c(CCCCCCCCC)cccc2cc1S(=O)(=O)[O-].[Ba+2]. The Kier molecular flexibility index (Phi) is 32.2. The van der Waals surface area contributed by atoms with E-state index in [0.717, 1.165) is 72.9 Å². The molecular formula is C56H86BaO6S2. The third-order valence-electron chi connectivity index (χ3n) is 13.0. The third kappa shape index (κ3) is 23.8. The van der Waals surface area contributed by atoms with Gasteiger partial charge in [-0.3, -0.25) is 0 Å². The van der Waals surface area contributed by atoms with E-state index in [1.54, 1.807) is 12.1 Å². The molecule has 0 N–H and O–H groups in total. The molecule has 360 valence electrons. The predicted octanol–water partition coefficient (Wildman–Crippen LogP) is 16.3. The molecule has 0 aliphatic carbocycles. The first kappa shape index (κ1) is 59.9. The third-order valence-corrected chi connectivity index (χ3v) is 14.9. The van der Waals surface area contributed by atoms with E-state index in [9.17, 15) is 25.9 Å². The summed E-state index contributed by atoms with van der Waals surface area (Å²) < 4.78 is 71.7. The van der Waals surface area contributed by atoms with E-state index in [4.69, 9.17) is 0 Å². The van der Waals surface area contributed by atoms with Crippen molar-refractivity contribution in [1.82, 2.24) is 0 Å². The molecule has 0 bridgehead atoms. The van der Waals surface area contributed by atoms with Crippen LogP contribution in [-0.4, -0.2) is 74.8 Å². The maximum atomic E-state index is 12.0. The van der Waals surface area contributed by atoms with Gasteiger partial charge in [0.15, 0.2) is 0 Å². The van der Waals surface area contributed by atoms with Gasteiger partial charge in [0.05, 0.1) is 9.79 Å². The monoisotopic (exact) mass is 1060 g/mol. The van der Waals surface area contributed by atoms with E-state index >= 15 is 0 Å². The summed E-state index contributed by atoms with van der Waals surface area (Å²) in [7, 11) is -8.95. The summed E-state index contributed by atoms with van der Waals surface area (Å²) in [6.07, 6.45) is 37.6. The van der Waals surface area contributed by atoms with Crippen LogP contribution in [-0.2, 0) is 45.9 Å². The summed E-state index contributed by atoms with van der Waals surface area (Å²) in [4.78, 5) is -0.0480. The molecule has 0 fully saturated rings. The molecule has 0 spiro atoms. The number of aryl methyl sites for hydroxylation is 4. The number of unbranched alkanes of at least 4 members (excludes halogenated alkanes) is 24. The average Bonchev–Trinajstić information content (AvgIpc) is 3.27. The molecule has 0 atom stereocenters. The summed E-state index contributed by atoms with van der Waals surface area (Å²) in [5.74, 6) is 0. The maximum absolute atomic E-state index is 12.0. The van der Waals surface area contributed by atoms with E-state index < -0.39 is 20.2 Å². The second-order valence-electron chi connectivity index (χ2n) is 18.6. The normalized spacial score (nSPS) is 11.8. The number of fused-ring (bicyclic) bond motifs is 2. The Hall–Kier alpha value is -1.21. The van der Waals surface area contributed by atoms with Gasteiger partial charge in [-0.25, -0.2) is 16.8 Å². The zero-order chi connectivity index (χ0) is 46.5. The van der Waals surface area contributed by atoms with Crippen molar-refractivity contribution >= 4 is 90.7 Å². The minimum atomic E-state index is -4.47. The van der Waals surface area contributed by atoms with Gasteiger partial charge in [-0.1, -0.05) is 218 Å². The fraction of sp³-hybridized carbons (Fsp3) is 0.643. The molecule has 0 radical (unpaired) electrons. The first-order valence-electron chi connectivity index (χ1n) is 25.9. The van der Waals surface area contributed by atoms with Gasteiger partial charge in [0.2, 0.25) is 0 Å². The van der Waals surface area contributed by atoms with Crippen molar-refractivity contribution in [1.29, 1.82) is 0 Å². The van der Waals surface area contributed by atoms with Crippen LogP contribution >= 0.6 is 0 Å². The van der Waals surface area contributed by atoms with Crippen LogP contribution in [0.2, 0.25) is 0 Å². The van der Waals surface area contributed by atoms with E-state index in [-0.39, 0.29) is 58.7 Å². The maximum Gasteiger partial charge on any atom is 2.00 e. The number of hydrogen-bond donors (Lipinski definition) is 0. The zero-order valence-corrected chi connectivity index (χ0v) is 47.4. The van der Waals surface area contributed by atoms with E-state index in [0.29, 0.717) is 24.0 Å². The Morgan fingerprint density at radius 2 is 0.585 bits per heavy atom. The van der Waals surface area contributed by atoms with Gasteiger partial charge >= 0.3 is 48.9 Å². The van der Waals surface area contributed by atoms with Crippen molar-refractivity contribution in [2.45, 2.75) is 243 Å². The van der Waals surface area contributed by atoms with E-state index in [1.165, 1.54) is 152 Å². The Morgan fingerprint density at radius 3 is 0.846 bits per heavy atom. The van der Waals surface area contributed by atoms with Crippen LogP contribution in [0.1, 0.15) is 230 Å². The van der Waals surface area contributed by atoms with Crippen LogP contribution in [0, 0.1) is 0 Å². The molecule has 4 aromatic rings. The van der Waals surface area contributed by atoms with E-state index in [1.807, 2.05) is 36.4 Å². The summed E-state index contributed by atoms with van der Waals surface area (Å²) in [6.45, 7) is 8.91. The molecular weight excluding hydrogens is 970 g/mol. The molecule has 0 unspecified atom stereocenters. The quantitative estimate of drug-likeness (QED) is 0.0261.